The number of benzene rings is 1. The Morgan fingerprint density at radius 2 is 1.96 bits per heavy atom. The topological polar surface area (TPSA) is 111 Å². The van der Waals surface area contributed by atoms with Crippen molar-refractivity contribution >= 4 is 28.3 Å². The highest BCUT2D eigenvalue weighted by Crippen LogP contribution is 2.31. The quantitative estimate of drug-likeness (QED) is 0.551. The molecular formula is C16H26ClN3O4S. The van der Waals surface area contributed by atoms with Gasteiger partial charge in [-0.15, -0.1) is 12.4 Å². The van der Waals surface area contributed by atoms with Crippen molar-refractivity contribution in [1.29, 1.82) is 0 Å². The maximum Gasteiger partial charge on any atom is 0.240 e. The molecule has 25 heavy (non-hydrogen) atoms. The standard InChI is InChI=1S/C16H25N3O4S.ClH/c1-2-23-13-5-7-14(8-6-13)24(21,22)19-10-9-16(20)18-11-15(17)12-3-4-12;/h5-8,12,15,19H,2-4,9-11,17H2,1H3,(H,18,20);1H. The second-order valence-electron chi connectivity index (χ2n) is 5.86. The van der Waals surface area contributed by atoms with Gasteiger partial charge in [-0.2, -0.15) is 0 Å². The van der Waals surface area contributed by atoms with Gasteiger partial charge in [-0.1, -0.05) is 0 Å². The Kier molecular flexibility index (Phi) is 8.64. The number of rotatable bonds is 10. The van der Waals surface area contributed by atoms with E-state index < -0.39 is 10.0 Å². The first kappa shape index (κ1) is 21.7. The van der Waals surface area contributed by atoms with Gasteiger partial charge >= 0.3 is 0 Å². The summed E-state index contributed by atoms with van der Waals surface area (Å²) in [6.45, 7) is 2.85. The van der Waals surface area contributed by atoms with Crippen molar-refractivity contribution in [2.75, 3.05) is 19.7 Å². The van der Waals surface area contributed by atoms with Crippen molar-refractivity contribution in [3.05, 3.63) is 24.3 Å². The second kappa shape index (κ2) is 9.96. The molecule has 0 radical (unpaired) electrons. The van der Waals surface area contributed by atoms with Gasteiger partial charge in [-0.3, -0.25) is 4.79 Å². The molecule has 0 aromatic heterocycles. The van der Waals surface area contributed by atoms with Crippen molar-refractivity contribution in [2.45, 2.75) is 37.1 Å². The van der Waals surface area contributed by atoms with Crippen LogP contribution in [0.5, 0.6) is 5.75 Å². The Hall–Kier alpha value is -1.35. The molecule has 1 unspecified atom stereocenters. The van der Waals surface area contributed by atoms with E-state index >= 15 is 0 Å². The molecule has 0 heterocycles. The number of nitrogens with two attached hydrogens (primary N) is 1. The highest BCUT2D eigenvalue weighted by Gasteiger charge is 2.28. The smallest absolute Gasteiger partial charge is 0.240 e. The van der Waals surface area contributed by atoms with Crippen LogP contribution < -0.4 is 20.5 Å². The predicted molar refractivity (Wildman–Crippen MR) is 98.4 cm³/mol. The van der Waals surface area contributed by atoms with Gasteiger partial charge in [0.2, 0.25) is 15.9 Å². The molecule has 1 fully saturated rings. The fraction of sp³-hybridized carbons (Fsp3) is 0.562. The molecule has 0 spiro atoms. The summed E-state index contributed by atoms with van der Waals surface area (Å²) in [5.41, 5.74) is 5.90. The number of amides is 1. The van der Waals surface area contributed by atoms with Gasteiger partial charge < -0.3 is 15.8 Å². The van der Waals surface area contributed by atoms with E-state index in [2.05, 4.69) is 10.0 Å². The average molecular weight is 392 g/mol. The highest BCUT2D eigenvalue weighted by molar-refractivity contribution is 7.89. The third-order valence-corrected chi connectivity index (χ3v) is 5.33. The predicted octanol–water partition coefficient (Wildman–Crippen LogP) is 1.03. The monoisotopic (exact) mass is 391 g/mol. The van der Waals surface area contributed by atoms with Gasteiger partial charge in [0.15, 0.2) is 0 Å². The minimum absolute atomic E-state index is 0. The molecule has 142 valence electrons. The Bertz CT molecular complexity index is 648. The van der Waals surface area contributed by atoms with Gasteiger partial charge in [0.05, 0.1) is 11.5 Å². The number of halogens is 1. The first-order chi connectivity index (χ1) is 11.4. The summed E-state index contributed by atoms with van der Waals surface area (Å²) < 4.78 is 32.0. The molecule has 1 aliphatic rings. The Balaban J connectivity index is 0.00000312. The summed E-state index contributed by atoms with van der Waals surface area (Å²) in [7, 11) is -3.63. The molecule has 0 saturated heterocycles. The fourth-order valence-corrected chi connectivity index (χ4v) is 3.31. The zero-order valence-corrected chi connectivity index (χ0v) is 15.9. The molecular weight excluding hydrogens is 366 g/mol. The summed E-state index contributed by atoms with van der Waals surface area (Å²) in [5.74, 6) is 0.923. The van der Waals surface area contributed by atoms with E-state index in [0.29, 0.717) is 24.8 Å². The van der Waals surface area contributed by atoms with Gasteiger partial charge in [-0.25, -0.2) is 13.1 Å². The van der Waals surface area contributed by atoms with Crippen molar-refractivity contribution in [2.24, 2.45) is 11.7 Å². The van der Waals surface area contributed by atoms with E-state index in [4.69, 9.17) is 10.5 Å². The third kappa shape index (κ3) is 7.19. The number of ether oxygens (including phenoxy) is 1. The van der Waals surface area contributed by atoms with Crippen molar-refractivity contribution in [3.8, 4) is 5.75 Å². The number of carbonyl (C=O) groups is 1. The number of nitrogens with one attached hydrogen (secondary N) is 2. The lowest BCUT2D eigenvalue weighted by atomic mass is 10.2. The van der Waals surface area contributed by atoms with Crippen LogP contribution in [0, 0.1) is 5.92 Å². The molecule has 1 amide bonds. The van der Waals surface area contributed by atoms with Crippen molar-refractivity contribution in [3.63, 3.8) is 0 Å². The molecule has 4 N–H and O–H groups in total. The summed E-state index contributed by atoms with van der Waals surface area (Å²) in [6.07, 6.45) is 2.32. The zero-order chi connectivity index (χ0) is 17.6. The molecule has 1 aromatic carbocycles. The molecule has 9 heteroatoms. The Morgan fingerprint density at radius 1 is 1.32 bits per heavy atom. The molecule has 7 nitrogen and oxygen atoms in total. The van der Waals surface area contributed by atoms with Crippen LogP contribution in [-0.2, 0) is 14.8 Å². The molecule has 1 aromatic rings. The lowest BCUT2D eigenvalue weighted by molar-refractivity contribution is -0.121. The molecule has 1 atom stereocenters. The molecule has 1 saturated carbocycles. The largest absolute Gasteiger partial charge is 0.494 e. The van der Waals surface area contributed by atoms with E-state index in [9.17, 15) is 13.2 Å². The van der Waals surface area contributed by atoms with E-state index in [1.165, 1.54) is 12.1 Å². The minimum atomic E-state index is -3.63. The lowest BCUT2D eigenvalue weighted by Gasteiger charge is -2.12. The third-order valence-electron chi connectivity index (χ3n) is 3.85. The van der Waals surface area contributed by atoms with Gasteiger partial charge in [0.25, 0.3) is 0 Å². The zero-order valence-electron chi connectivity index (χ0n) is 14.2. The molecule has 2 rings (SSSR count). The van der Waals surface area contributed by atoms with Gasteiger partial charge in [0.1, 0.15) is 5.75 Å². The fourth-order valence-electron chi connectivity index (χ4n) is 2.28. The first-order valence-electron chi connectivity index (χ1n) is 8.17. The summed E-state index contributed by atoms with van der Waals surface area (Å²) in [5, 5.41) is 2.74. The minimum Gasteiger partial charge on any atom is -0.494 e. The van der Waals surface area contributed by atoms with Crippen LogP contribution in [-0.4, -0.2) is 40.1 Å². The molecule has 0 bridgehead atoms. The van der Waals surface area contributed by atoms with E-state index in [0.717, 1.165) is 12.8 Å². The normalized spacial score (nSPS) is 15.1. The maximum absolute atomic E-state index is 12.1. The van der Waals surface area contributed by atoms with Crippen LogP contribution in [0.25, 0.3) is 0 Å². The highest BCUT2D eigenvalue weighted by atomic mass is 35.5. The van der Waals surface area contributed by atoms with Crippen LogP contribution in [0.1, 0.15) is 26.2 Å². The summed E-state index contributed by atoms with van der Waals surface area (Å²) >= 11 is 0. The number of sulfonamides is 1. The Labute approximate surface area is 155 Å². The van der Waals surface area contributed by atoms with E-state index in [-0.39, 0.29) is 42.2 Å². The van der Waals surface area contributed by atoms with E-state index in [1.807, 2.05) is 6.92 Å². The van der Waals surface area contributed by atoms with Crippen LogP contribution >= 0.6 is 12.4 Å². The molecule has 0 aliphatic heterocycles. The van der Waals surface area contributed by atoms with E-state index in [1.54, 1.807) is 12.1 Å². The summed E-state index contributed by atoms with van der Waals surface area (Å²) in [6, 6.07) is 6.15. The number of carbonyl (C=O) groups excluding carboxylic acids is 1. The van der Waals surface area contributed by atoms with Crippen LogP contribution in [0.4, 0.5) is 0 Å². The average Bonchev–Trinajstić information content (AvgIpc) is 3.38. The lowest BCUT2D eigenvalue weighted by Crippen LogP contribution is -2.39. The van der Waals surface area contributed by atoms with Crippen LogP contribution in [0.3, 0.4) is 0 Å². The molecule has 1 aliphatic carbocycles. The summed E-state index contributed by atoms with van der Waals surface area (Å²) in [4.78, 5) is 11.9. The van der Waals surface area contributed by atoms with Gasteiger partial charge in [-0.05, 0) is 49.9 Å². The maximum atomic E-state index is 12.1. The van der Waals surface area contributed by atoms with Crippen LogP contribution in [0.2, 0.25) is 0 Å². The first-order valence-corrected chi connectivity index (χ1v) is 9.65. The second-order valence-corrected chi connectivity index (χ2v) is 7.62. The number of hydrogen-bond acceptors (Lipinski definition) is 5. The SMILES string of the molecule is CCOc1ccc(S(=O)(=O)NCCC(=O)NCC(N)C2CC2)cc1.Cl. The number of hydrogen-bond donors (Lipinski definition) is 3. The van der Waals surface area contributed by atoms with Gasteiger partial charge in [0, 0.05) is 25.6 Å². The van der Waals surface area contributed by atoms with Crippen LogP contribution in [0.15, 0.2) is 29.2 Å². The van der Waals surface area contributed by atoms with Crippen molar-refractivity contribution < 1.29 is 17.9 Å². The Morgan fingerprint density at radius 3 is 2.52 bits per heavy atom. The van der Waals surface area contributed by atoms with Crippen molar-refractivity contribution in [1.82, 2.24) is 10.0 Å².